The summed E-state index contributed by atoms with van der Waals surface area (Å²) in [6, 6.07) is 11.9. The maximum atomic E-state index is 14.2. The van der Waals surface area contributed by atoms with Crippen molar-refractivity contribution in [2.45, 2.75) is 31.7 Å². The monoisotopic (exact) mass is 516 g/mol. The van der Waals surface area contributed by atoms with E-state index in [1.807, 2.05) is 49.9 Å². The summed E-state index contributed by atoms with van der Waals surface area (Å²) in [4.78, 5) is 18.7. The largest absolute Gasteiger partial charge is 0.355 e. The van der Waals surface area contributed by atoms with Crippen molar-refractivity contribution < 1.29 is 9.18 Å². The number of carbonyl (C=O) groups is 1. The van der Waals surface area contributed by atoms with Gasteiger partial charge in [0.05, 0.1) is 11.1 Å². The first-order chi connectivity index (χ1) is 17.8. The van der Waals surface area contributed by atoms with Gasteiger partial charge in [-0.25, -0.2) is 8.70 Å². The van der Waals surface area contributed by atoms with E-state index in [1.54, 1.807) is 30.3 Å². The second kappa shape index (κ2) is 10.1. The van der Waals surface area contributed by atoms with E-state index in [-0.39, 0.29) is 11.6 Å². The molecule has 1 aliphatic heterocycles. The normalized spacial score (nSPS) is 19.8. The highest BCUT2D eigenvalue weighted by atomic mass is 32.2. The molecule has 1 unspecified atom stereocenters. The number of nitrogens with zero attached hydrogens (tertiary/aromatic N) is 4. The van der Waals surface area contributed by atoms with Crippen LogP contribution in [0.1, 0.15) is 34.6 Å². The summed E-state index contributed by atoms with van der Waals surface area (Å²) < 4.78 is 17.5. The Labute approximate surface area is 220 Å². The van der Waals surface area contributed by atoms with E-state index < -0.39 is 5.41 Å². The zero-order chi connectivity index (χ0) is 26.2. The zero-order valence-corrected chi connectivity index (χ0v) is 21.9. The van der Waals surface area contributed by atoms with Gasteiger partial charge < -0.3 is 10.7 Å². The van der Waals surface area contributed by atoms with Crippen molar-refractivity contribution in [1.29, 1.82) is 5.41 Å². The van der Waals surface area contributed by atoms with Crippen molar-refractivity contribution in [2.75, 3.05) is 18.4 Å². The maximum Gasteiger partial charge on any atom is 0.193 e. The molecule has 0 saturated carbocycles. The number of aromatic nitrogens is 3. The molecule has 1 atom stereocenters. The van der Waals surface area contributed by atoms with E-state index in [0.717, 1.165) is 45.4 Å². The number of rotatable bonds is 7. The van der Waals surface area contributed by atoms with Crippen molar-refractivity contribution in [3.63, 3.8) is 0 Å². The van der Waals surface area contributed by atoms with Gasteiger partial charge in [0.25, 0.3) is 0 Å². The molecule has 1 fully saturated rings. The number of nitrogens with one attached hydrogen (secondary N) is 2. The molecule has 37 heavy (non-hydrogen) atoms. The van der Waals surface area contributed by atoms with Gasteiger partial charge in [-0.2, -0.15) is 5.10 Å². The SMILES string of the molecule is Cc1ccnc(C(=O)C23CC(C=N)=C(Nc4ccc(F)cc4)C=C2CCN(Sc2cc(C)nn2C)C3)c1. The number of allylic oxidation sites excluding steroid dienone is 2. The fourth-order valence-electron chi connectivity index (χ4n) is 5.05. The number of benzene rings is 1. The summed E-state index contributed by atoms with van der Waals surface area (Å²) in [6.07, 6.45) is 6.07. The van der Waals surface area contributed by atoms with Crippen LogP contribution in [0.25, 0.3) is 0 Å². The summed E-state index contributed by atoms with van der Waals surface area (Å²) in [5, 5.41) is 17.0. The van der Waals surface area contributed by atoms with Crippen LogP contribution in [-0.4, -0.2) is 44.2 Å². The number of pyridine rings is 1. The summed E-state index contributed by atoms with van der Waals surface area (Å²) in [7, 11) is 1.92. The first kappa shape index (κ1) is 25.1. The minimum Gasteiger partial charge on any atom is -0.355 e. The molecule has 0 bridgehead atoms. The lowest BCUT2D eigenvalue weighted by molar-refractivity contribution is 0.0775. The Morgan fingerprint density at radius 2 is 2.00 bits per heavy atom. The van der Waals surface area contributed by atoms with E-state index >= 15 is 0 Å². The molecule has 2 aromatic heterocycles. The van der Waals surface area contributed by atoms with Gasteiger partial charge in [-0.3, -0.25) is 14.5 Å². The first-order valence-corrected chi connectivity index (χ1v) is 12.9. The van der Waals surface area contributed by atoms with Crippen LogP contribution >= 0.6 is 11.9 Å². The molecule has 9 heteroatoms. The van der Waals surface area contributed by atoms with E-state index in [0.29, 0.717) is 25.1 Å². The van der Waals surface area contributed by atoms with Gasteiger partial charge in [0, 0.05) is 43.9 Å². The Bertz CT molecular complexity index is 1430. The zero-order valence-electron chi connectivity index (χ0n) is 21.1. The van der Waals surface area contributed by atoms with Gasteiger partial charge in [0.15, 0.2) is 5.78 Å². The number of anilines is 1. The van der Waals surface area contributed by atoms with Crippen molar-refractivity contribution in [3.8, 4) is 0 Å². The number of piperidine rings is 1. The quantitative estimate of drug-likeness (QED) is 0.245. The molecule has 7 nitrogen and oxygen atoms in total. The van der Waals surface area contributed by atoms with Gasteiger partial charge >= 0.3 is 0 Å². The van der Waals surface area contributed by atoms with Gasteiger partial charge in [-0.05, 0) is 98.3 Å². The predicted molar refractivity (Wildman–Crippen MR) is 144 cm³/mol. The highest BCUT2D eigenvalue weighted by molar-refractivity contribution is 7.97. The molecule has 2 N–H and O–H groups in total. The Kier molecular flexibility index (Phi) is 6.83. The minimum atomic E-state index is -0.847. The molecule has 5 rings (SSSR count). The molecule has 1 saturated heterocycles. The lowest BCUT2D eigenvalue weighted by Crippen LogP contribution is -2.49. The van der Waals surface area contributed by atoms with Gasteiger partial charge in [-0.1, -0.05) is 5.57 Å². The number of Topliss-reactive ketones (excluding diaryl/α,β-unsaturated/α-hetero) is 1. The molecule has 3 aromatic rings. The topological polar surface area (TPSA) is 86.9 Å². The van der Waals surface area contributed by atoms with Crippen molar-refractivity contribution in [3.05, 3.63) is 94.3 Å². The number of aryl methyl sites for hydroxylation is 3. The number of carbonyl (C=O) groups excluding carboxylic acids is 1. The molecule has 2 aliphatic rings. The molecule has 3 heterocycles. The van der Waals surface area contributed by atoms with E-state index in [4.69, 9.17) is 5.41 Å². The van der Waals surface area contributed by atoms with Crippen LogP contribution in [0, 0.1) is 30.5 Å². The van der Waals surface area contributed by atoms with Crippen molar-refractivity contribution in [1.82, 2.24) is 19.1 Å². The molecular formula is C28H29FN6OS. The van der Waals surface area contributed by atoms with Crippen LogP contribution in [0.3, 0.4) is 0 Å². The third kappa shape index (κ3) is 5.01. The minimum absolute atomic E-state index is 0.0332. The second-order valence-corrected chi connectivity index (χ2v) is 10.8. The number of hydrogen-bond acceptors (Lipinski definition) is 7. The third-order valence-electron chi connectivity index (χ3n) is 6.91. The van der Waals surface area contributed by atoms with Crippen LogP contribution in [0.4, 0.5) is 10.1 Å². The van der Waals surface area contributed by atoms with Gasteiger partial charge in [-0.15, -0.1) is 0 Å². The van der Waals surface area contributed by atoms with Crippen LogP contribution in [-0.2, 0) is 7.05 Å². The number of halogens is 1. The van der Waals surface area contributed by atoms with Gasteiger partial charge in [0.1, 0.15) is 16.5 Å². The van der Waals surface area contributed by atoms with Crippen molar-refractivity contribution in [2.24, 2.45) is 12.5 Å². The van der Waals surface area contributed by atoms with Crippen LogP contribution in [0.15, 0.2) is 76.6 Å². The van der Waals surface area contributed by atoms with Crippen LogP contribution in [0.5, 0.6) is 0 Å². The summed E-state index contributed by atoms with van der Waals surface area (Å²) >= 11 is 1.61. The Hall–Kier alpha value is -3.56. The first-order valence-electron chi connectivity index (χ1n) is 12.2. The third-order valence-corrected chi connectivity index (χ3v) is 8.05. The average Bonchev–Trinajstić information content (AvgIpc) is 3.20. The second-order valence-electron chi connectivity index (χ2n) is 9.64. The van der Waals surface area contributed by atoms with Gasteiger partial charge in [0.2, 0.25) is 0 Å². The number of ketones is 1. The predicted octanol–water partition coefficient (Wildman–Crippen LogP) is 5.50. The molecule has 0 radical (unpaired) electrons. The molecular weight excluding hydrogens is 487 g/mol. The molecule has 190 valence electrons. The molecule has 1 aromatic carbocycles. The summed E-state index contributed by atoms with van der Waals surface area (Å²) in [5.74, 6) is -0.341. The number of fused-ring (bicyclic) bond motifs is 1. The summed E-state index contributed by atoms with van der Waals surface area (Å²) in [5.41, 5.74) is 4.75. The Morgan fingerprint density at radius 1 is 1.22 bits per heavy atom. The van der Waals surface area contributed by atoms with Crippen LogP contribution < -0.4 is 5.32 Å². The summed E-state index contributed by atoms with van der Waals surface area (Å²) in [6.45, 7) is 5.17. The number of hydrogen-bond donors (Lipinski definition) is 2. The fraction of sp³-hybridized carbons (Fsp3) is 0.286. The highest BCUT2D eigenvalue weighted by Gasteiger charge is 2.49. The van der Waals surface area contributed by atoms with E-state index in [2.05, 4.69) is 19.7 Å². The average molecular weight is 517 g/mol. The molecule has 1 aliphatic carbocycles. The van der Waals surface area contributed by atoms with E-state index in [1.165, 1.54) is 18.3 Å². The van der Waals surface area contributed by atoms with Crippen molar-refractivity contribution >= 4 is 29.6 Å². The molecule has 0 amide bonds. The maximum absolute atomic E-state index is 14.2. The lowest BCUT2D eigenvalue weighted by atomic mass is 9.65. The van der Waals surface area contributed by atoms with E-state index in [9.17, 15) is 9.18 Å². The van der Waals surface area contributed by atoms with Crippen LogP contribution in [0.2, 0.25) is 0 Å². The Morgan fingerprint density at radius 3 is 2.68 bits per heavy atom. The smallest absolute Gasteiger partial charge is 0.193 e. The highest BCUT2D eigenvalue weighted by Crippen LogP contribution is 2.48. The molecule has 0 spiro atoms. The lowest BCUT2D eigenvalue weighted by Gasteiger charge is -2.45. The fourth-order valence-corrected chi connectivity index (χ4v) is 6.17. The standard InChI is InChI=1S/C28H29FN6OS/c1-18-8-10-31-25(12-18)27(36)28-15-20(16-30)24(32-23-6-4-22(29)5-7-23)14-21(28)9-11-35(17-28)37-26-13-19(2)33-34(26)3/h4-8,10,12-14,16,30,32H,9,11,15,17H2,1-3H3. The Balaban J connectivity index is 1.52.